The van der Waals surface area contributed by atoms with Gasteiger partial charge in [0.05, 0.1) is 6.10 Å². The van der Waals surface area contributed by atoms with Crippen LogP contribution in [0.4, 0.5) is 0 Å². The van der Waals surface area contributed by atoms with Gasteiger partial charge in [-0.1, -0.05) is 30.3 Å². The van der Waals surface area contributed by atoms with Crippen molar-refractivity contribution in [1.29, 1.82) is 0 Å². The van der Waals surface area contributed by atoms with Gasteiger partial charge in [-0.3, -0.25) is 9.59 Å². The van der Waals surface area contributed by atoms with Gasteiger partial charge in [-0.25, -0.2) is 0 Å². The van der Waals surface area contributed by atoms with Crippen molar-refractivity contribution in [3.8, 4) is 0 Å². The van der Waals surface area contributed by atoms with Gasteiger partial charge in [-0.2, -0.15) is 0 Å². The molecular formula is C13H16N2O3. The van der Waals surface area contributed by atoms with Crippen LogP contribution in [0.1, 0.15) is 12.0 Å². The highest BCUT2D eigenvalue weighted by Crippen LogP contribution is 2.13. The molecule has 2 rings (SSSR count). The summed E-state index contributed by atoms with van der Waals surface area (Å²) < 4.78 is 0. The second-order valence-electron chi connectivity index (χ2n) is 4.33. The van der Waals surface area contributed by atoms with Gasteiger partial charge in [0, 0.05) is 13.1 Å². The Labute approximate surface area is 105 Å². The number of hydrogen-bond donors (Lipinski definition) is 3. The molecule has 5 heteroatoms. The predicted molar refractivity (Wildman–Crippen MR) is 65.4 cm³/mol. The van der Waals surface area contributed by atoms with E-state index in [2.05, 4.69) is 10.6 Å². The zero-order valence-electron chi connectivity index (χ0n) is 9.93. The van der Waals surface area contributed by atoms with Crippen LogP contribution in [-0.4, -0.2) is 29.6 Å². The molecule has 2 unspecified atom stereocenters. The molecule has 1 aliphatic rings. The van der Waals surface area contributed by atoms with Crippen LogP contribution < -0.4 is 10.6 Å². The van der Waals surface area contributed by atoms with Crippen LogP contribution in [0.2, 0.25) is 0 Å². The Bertz CT molecular complexity index is 433. The molecule has 0 radical (unpaired) electrons. The minimum atomic E-state index is -0.998. The lowest BCUT2D eigenvalue weighted by molar-refractivity contribution is -0.142. The summed E-state index contributed by atoms with van der Waals surface area (Å²) in [5, 5.41) is 14.9. The van der Waals surface area contributed by atoms with Gasteiger partial charge in [-0.05, 0) is 12.0 Å². The first-order chi connectivity index (χ1) is 8.68. The number of amides is 2. The summed E-state index contributed by atoms with van der Waals surface area (Å²) in [6.07, 6.45) is -0.482. The number of carbonyl (C=O) groups excluding carboxylic acids is 2. The third-order valence-corrected chi connectivity index (χ3v) is 3.00. The highest BCUT2D eigenvalue weighted by atomic mass is 16.3. The quantitative estimate of drug-likeness (QED) is 0.648. The molecule has 5 nitrogen and oxygen atoms in total. The van der Waals surface area contributed by atoms with Gasteiger partial charge in [0.15, 0.2) is 0 Å². The van der Waals surface area contributed by atoms with Crippen LogP contribution in [0.25, 0.3) is 0 Å². The Hall–Kier alpha value is -1.88. The van der Waals surface area contributed by atoms with Crippen LogP contribution in [0.3, 0.4) is 0 Å². The van der Waals surface area contributed by atoms with Gasteiger partial charge in [0.2, 0.25) is 11.8 Å². The van der Waals surface area contributed by atoms with E-state index in [9.17, 15) is 14.7 Å². The standard InChI is InChI=1S/C13H16N2O3/c16-10-6-7-14-12(17)11(10)13(18)15-8-9-4-2-1-3-5-9/h1-5,10-11,16H,6-8H2,(H,14,17)(H,15,18). The molecule has 0 aliphatic carbocycles. The third-order valence-electron chi connectivity index (χ3n) is 3.00. The molecule has 1 aliphatic heterocycles. The smallest absolute Gasteiger partial charge is 0.235 e. The van der Waals surface area contributed by atoms with Gasteiger partial charge in [0.25, 0.3) is 0 Å². The zero-order chi connectivity index (χ0) is 13.0. The first-order valence-corrected chi connectivity index (χ1v) is 5.96. The molecule has 1 heterocycles. The van der Waals surface area contributed by atoms with Crippen molar-refractivity contribution in [2.24, 2.45) is 5.92 Å². The number of aliphatic hydroxyl groups is 1. The topological polar surface area (TPSA) is 78.4 Å². The van der Waals surface area contributed by atoms with E-state index in [1.54, 1.807) is 0 Å². The molecule has 1 saturated heterocycles. The maximum atomic E-state index is 11.9. The van der Waals surface area contributed by atoms with E-state index >= 15 is 0 Å². The number of benzene rings is 1. The van der Waals surface area contributed by atoms with Gasteiger partial charge >= 0.3 is 0 Å². The fourth-order valence-electron chi connectivity index (χ4n) is 1.98. The van der Waals surface area contributed by atoms with E-state index in [-0.39, 0.29) is 0 Å². The van der Waals surface area contributed by atoms with Crippen molar-refractivity contribution in [2.75, 3.05) is 6.54 Å². The molecule has 1 aromatic carbocycles. The molecule has 1 fully saturated rings. The molecule has 18 heavy (non-hydrogen) atoms. The van der Waals surface area contributed by atoms with Crippen molar-refractivity contribution >= 4 is 11.8 Å². The Morgan fingerprint density at radius 3 is 2.78 bits per heavy atom. The molecule has 2 atom stereocenters. The van der Waals surface area contributed by atoms with Crippen molar-refractivity contribution in [2.45, 2.75) is 19.1 Å². The average molecular weight is 248 g/mol. The Morgan fingerprint density at radius 2 is 2.11 bits per heavy atom. The summed E-state index contributed by atoms with van der Waals surface area (Å²) >= 11 is 0. The van der Waals surface area contributed by atoms with Crippen molar-refractivity contribution in [3.05, 3.63) is 35.9 Å². The van der Waals surface area contributed by atoms with E-state index in [4.69, 9.17) is 0 Å². The lowest BCUT2D eigenvalue weighted by Gasteiger charge is -2.26. The normalized spacial score (nSPS) is 23.3. The van der Waals surface area contributed by atoms with E-state index in [0.29, 0.717) is 19.5 Å². The molecule has 2 amide bonds. The summed E-state index contributed by atoms with van der Waals surface area (Å²) in [6, 6.07) is 9.42. The molecule has 0 bridgehead atoms. The summed E-state index contributed by atoms with van der Waals surface area (Å²) in [6.45, 7) is 0.776. The van der Waals surface area contributed by atoms with Gasteiger partial charge in [0.1, 0.15) is 5.92 Å². The van der Waals surface area contributed by atoms with Crippen molar-refractivity contribution in [3.63, 3.8) is 0 Å². The summed E-state index contributed by atoms with van der Waals surface area (Å²) in [7, 11) is 0. The molecule has 96 valence electrons. The van der Waals surface area contributed by atoms with Crippen LogP contribution in [0.5, 0.6) is 0 Å². The molecule has 0 saturated carbocycles. The van der Waals surface area contributed by atoms with Crippen LogP contribution >= 0.6 is 0 Å². The van der Waals surface area contributed by atoms with Crippen LogP contribution in [0.15, 0.2) is 30.3 Å². The molecule has 3 N–H and O–H groups in total. The minimum absolute atomic E-state index is 0.357. The summed E-state index contributed by atoms with van der Waals surface area (Å²) in [5.41, 5.74) is 0.955. The number of hydrogen-bond acceptors (Lipinski definition) is 3. The number of piperidine rings is 1. The zero-order valence-corrected chi connectivity index (χ0v) is 9.93. The van der Waals surface area contributed by atoms with E-state index in [0.717, 1.165) is 5.56 Å². The van der Waals surface area contributed by atoms with Crippen molar-refractivity contribution in [1.82, 2.24) is 10.6 Å². The van der Waals surface area contributed by atoms with Gasteiger partial charge in [-0.15, -0.1) is 0 Å². The van der Waals surface area contributed by atoms with Gasteiger partial charge < -0.3 is 15.7 Å². The van der Waals surface area contributed by atoms with E-state index < -0.39 is 23.8 Å². The average Bonchev–Trinajstić information content (AvgIpc) is 2.37. The number of rotatable bonds is 3. The minimum Gasteiger partial charge on any atom is -0.392 e. The fraction of sp³-hybridized carbons (Fsp3) is 0.385. The third kappa shape index (κ3) is 2.87. The number of nitrogens with one attached hydrogen (secondary N) is 2. The van der Waals surface area contributed by atoms with E-state index in [1.165, 1.54) is 0 Å². The second kappa shape index (κ2) is 5.64. The second-order valence-corrected chi connectivity index (χ2v) is 4.33. The van der Waals surface area contributed by atoms with Crippen LogP contribution in [0, 0.1) is 5.92 Å². The lowest BCUT2D eigenvalue weighted by atomic mass is 9.94. The predicted octanol–water partition coefficient (Wildman–Crippen LogP) is -0.200. The molecular weight excluding hydrogens is 232 g/mol. The Morgan fingerprint density at radius 1 is 1.39 bits per heavy atom. The highest BCUT2D eigenvalue weighted by Gasteiger charge is 2.36. The highest BCUT2D eigenvalue weighted by molar-refractivity contribution is 6.01. The first kappa shape index (κ1) is 12.6. The van der Waals surface area contributed by atoms with E-state index in [1.807, 2.05) is 30.3 Å². The fourth-order valence-corrected chi connectivity index (χ4v) is 1.98. The maximum absolute atomic E-state index is 11.9. The Kier molecular flexibility index (Phi) is 3.94. The summed E-state index contributed by atoms with van der Waals surface area (Å²) in [4.78, 5) is 23.4. The SMILES string of the molecule is O=C1NCCC(O)C1C(=O)NCc1ccccc1. The first-order valence-electron chi connectivity index (χ1n) is 5.96. The van der Waals surface area contributed by atoms with Crippen LogP contribution in [-0.2, 0) is 16.1 Å². The maximum Gasteiger partial charge on any atom is 0.235 e. The number of carbonyl (C=O) groups is 2. The largest absolute Gasteiger partial charge is 0.392 e. The molecule has 0 aromatic heterocycles. The molecule has 1 aromatic rings. The lowest BCUT2D eigenvalue weighted by Crippen LogP contribution is -2.51. The number of aliphatic hydroxyl groups excluding tert-OH is 1. The summed E-state index contributed by atoms with van der Waals surface area (Å²) in [5.74, 6) is -1.83. The monoisotopic (exact) mass is 248 g/mol. The Balaban J connectivity index is 1.93. The molecule has 0 spiro atoms. The van der Waals surface area contributed by atoms with Crippen molar-refractivity contribution < 1.29 is 14.7 Å².